The first kappa shape index (κ1) is 17.5. The number of halogens is 3. The van der Waals surface area contributed by atoms with E-state index in [9.17, 15) is 13.2 Å². The number of rotatable bonds is 5. The first-order valence-electron chi connectivity index (χ1n) is 7.77. The molecule has 132 valence electrons. The van der Waals surface area contributed by atoms with E-state index in [-0.39, 0.29) is 0 Å². The van der Waals surface area contributed by atoms with Crippen LogP contribution in [-0.2, 0) is 6.18 Å². The van der Waals surface area contributed by atoms with Gasteiger partial charge in [0.2, 0.25) is 0 Å². The first-order chi connectivity index (χ1) is 12.5. The quantitative estimate of drug-likeness (QED) is 0.402. The van der Waals surface area contributed by atoms with Crippen molar-refractivity contribution in [3.63, 3.8) is 0 Å². The highest BCUT2D eigenvalue weighted by Gasteiger charge is 2.30. The van der Waals surface area contributed by atoms with E-state index in [0.717, 1.165) is 17.8 Å². The molecule has 0 saturated carbocycles. The van der Waals surface area contributed by atoms with Gasteiger partial charge in [0.1, 0.15) is 0 Å². The van der Waals surface area contributed by atoms with Gasteiger partial charge in [0.25, 0.3) is 0 Å². The molecule has 0 aromatic heterocycles. The summed E-state index contributed by atoms with van der Waals surface area (Å²) < 4.78 is 38.1. The molecule has 3 aromatic rings. The molecule has 0 aliphatic carbocycles. The number of hydrogen-bond acceptors (Lipinski definition) is 4. The standard InChI is InChI=1S/C19H15F3N4/c20-19(21,22)14-5-4-8-18(13-14)26-25-17-11-9-16(10-12-17)24-23-15-6-2-1-3-7-15/h1-13,25-26H. The van der Waals surface area contributed by atoms with E-state index < -0.39 is 11.7 Å². The molecule has 0 bridgehead atoms. The third kappa shape index (κ3) is 4.83. The minimum absolute atomic E-state index is 0.313. The monoisotopic (exact) mass is 356 g/mol. The number of azo groups is 1. The number of hydrogen-bond donors (Lipinski definition) is 2. The van der Waals surface area contributed by atoms with E-state index >= 15 is 0 Å². The summed E-state index contributed by atoms with van der Waals surface area (Å²) in [7, 11) is 0. The number of anilines is 2. The molecule has 2 N–H and O–H groups in total. The van der Waals surface area contributed by atoms with Crippen molar-refractivity contribution in [1.82, 2.24) is 0 Å². The van der Waals surface area contributed by atoms with Crippen LogP contribution in [0.15, 0.2) is 89.1 Å². The van der Waals surface area contributed by atoms with Gasteiger partial charge in [0.15, 0.2) is 0 Å². The predicted octanol–water partition coefficient (Wildman–Crippen LogP) is 6.56. The van der Waals surface area contributed by atoms with Crippen molar-refractivity contribution in [3.05, 3.63) is 84.4 Å². The van der Waals surface area contributed by atoms with Gasteiger partial charge in [-0.3, -0.25) is 0 Å². The average Bonchev–Trinajstić information content (AvgIpc) is 2.66. The van der Waals surface area contributed by atoms with Crippen LogP contribution in [0.3, 0.4) is 0 Å². The Kier molecular flexibility index (Phi) is 5.17. The molecule has 0 heterocycles. The van der Waals surface area contributed by atoms with Gasteiger partial charge < -0.3 is 10.9 Å². The molecule has 0 amide bonds. The fraction of sp³-hybridized carbons (Fsp3) is 0.0526. The summed E-state index contributed by atoms with van der Waals surface area (Å²) in [6.45, 7) is 0. The second-order valence-corrected chi connectivity index (χ2v) is 5.41. The Balaban J connectivity index is 1.61. The molecule has 26 heavy (non-hydrogen) atoms. The maximum atomic E-state index is 12.7. The molecule has 0 unspecified atom stereocenters. The van der Waals surface area contributed by atoms with Crippen LogP contribution in [0.25, 0.3) is 0 Å². The lowest BCUT2D eigenvalue weighted by Crippen LogP contribution is -2.10. The van der Waals surface area contributed by atoms with Crippen molar-refractivity contribution >= 4 is 22.7 Å². The van der Waals surface area contributed by atoms with Gasteiger partial charge in [-0.2, -0.15) is 23.4 Å². The minimum Gasteiger partial charge on any atom is -0.301 e. The summed E-state index contributed by atoms with van der Waals surface area (Å²) in [4.78, 5) is 0. The molecule has 3 rings (SSSR count). The van der Waals surface area contributed by atoms with Gasteiger partial charge in [0, 0.05) is 0 Å². The van der Waals surface area contributed by atoms with Crippen molar-refractivity contribution < 1.29 is 13.2 Å². The molecule has 0 spiro atoms. The van der Waals surface area contributed by atoms with Crippen molar-refractivity contribution in [2.24, 2.45) is 10.2 Å². The molecule has 0 atom stereocenters. The molecular formula is C19H15F3N4. The fourth-order valence-electron chi connectivity index (χ4n) is 2.14. The molecule has 0 radical (unpaired) electrons. The normalized spacial score (nSPS) is 11.5. The van der Waals surface area contributed by atoms with Gasteiger partial charge in [-0.25, -0.2) is 0 Å². The zero-order valence-corrected chi connectivity index (χ0v) is 13.5. The Morgan fingerprint density at radius 1 is 0.615 bits per heavy atom. The molecule has 0 fully saturated rings. The van der Waals surface area contributed by atoms with Crippen LogP contribution in [0.2, 0.25) is 0 Å². The highest BCUT2D eigenvalue weighted by atomic mass is 19.4. The summed E-state index contributed by atoms with van der Waals surface area (Å²) in [6, 6.07) is 21.3. The molecule has 3 aromatic carbocycles. The van der Waals surface area contributed by atoms with E-state index in [0.29, 0.717) is 17.1 Å². The van der Waals surface area contributed by atoms with Crippen LogP contribution in [0.4, 0.5) is 35.9 Å². The minimum atomic E-state index is -4.37. The Morgan fingerprint density at radius 3 is 1.88 bits per heavy atom. The topological polar surface area (TPSA) is 48.8 Å². The highest BCUT2D eigenvalue weighted by Crippen LogP contribution is 2.30. The van der Waals surface area contributed by atoms with Gasteiger partial charge in [-0.1, -0.05) is 24.3 Å². The molecule has 0 aliphatic rings. The first-order valence-corrected chi connectivity index (χ1v) is 7.77. The van der Waals surface area contributed by atoms with E-state index in [2.05, 4.69) is 21.1 Å². The van der Waals surface area contributed by atoms with Crippen molar-refractivity contribution in [1.29, 1.82) is 0 Å². The Morgan fingerprint density at radius 2 is 1.23 bits per heavy atom. The van der Waals surface area contributed by atoms with Crippen LogP contribution >= 0.6 is 0 Å². The number of hydrazine groups is 1. The van der Waals surface area contributed by atoms with Crippen LogP contribution in [-0.4, -0.2) is 0 Å². The largest absolute Gasteiger partial charge is 0.416 e. The Labute approximate surface area is 148 Å². The van der Waals surface area contributed by atoms with Gasteiger partial charge in [0.05, 0.1) is 28.3 Å². The third-order valence-corrected chi connectivity index (χ3v) is 3.45. The highest BCUT2D eigenvalue weighted by molar-refractivity contribution is 5.56. The lowest BCUT2D eigenvalue weighted by atomic mass is 10.2. The molecular weight excluding hydrogens is 341 g/mol. The SMILES string of the molecule is FC(F)(F)c1cccc(NNc2ccc(N=Nc3ccccc3)cc2)c1. The molecule has 4 nitrogen and oxygen atoms in total. The van der Waals surface area contributed by atoms with E-state index in [4.69, 9.17) is 0 Å². The van der Waals surface area contributed by atoms with Crippen LogP contribution < -0.4 is 10.9 Å². The summed E-state index contributed by atoms with van der Waals surface area (Å²) in [5.41, 5.74) is 7.30. The maximum Gasteiger partial charge on any atom is 0.416 e. The number of nitrogens with one attached hydrogen (secondary N) is 2. The van der Waals surface area contributed by atoms with Crippen molar-refractivity contribution in [3.8, 4) is 0 Å². The van der Waals surface area contributed by atoms with E-state index in [1.807, 2.05) is 30.3 Å². The van der Waals surface area contributed by atoms with E-state index in [1.54, 1.807) is 30.3 Å². The van der Waals surface area contributed by atoms with Gasteiger partial charge in [-0.05, 0) is 54.6 Å². The number of alkyl halides is 3. The van der Waals surface area contributed by atoms with Crippen LogP contribution in [0, 0.1) is 0 Å². The Hall–Kier alpha value is -3.35. The molecule has 7 heteroatoms. The second kappa shape index (κ2) is 7.69. The van der Waals surface area contributed by atoms with Crippen molar-refractivity contribution in [2.75, 3.05) is 10.9 Å². The Bertz CT molecular complexity index is 875. The summed E-state index contributed by atoms with van der Waals surface area (Å²) >= 11 is 0. The summed E-state index contributed by atoms with van der Waals surface area (Å²) in [5.74, 6) is 0. The lowest BCUT2D eigenvalue weighted by Gasteiger charge is -2.12. The smallest absolute Gasteiger partial charge is 0.301 e. The van der Waals surface area contributed by atoms with Crippen molar-refractivity contribution in [2.45, 2.75) is 6.18 Å². The number of nitrogens with zero attached hydrogens (tertiary/aromatic N) is 2. The summed E-state index contributed by atoms with van der Waals surface area (Å²) in [6.07, 6.45) is -4.37. The summed E-state index contributed by atoms with van der Waals surface area (Å²) in [5, 5.41) is 8.24. The molecule has 0 saturated heterocycles. The zero-order chi connectivity index (χ0) is 18.4. The van der Waals surface area contributed by atoms with Crippen LogP contribution in [0.1, 0.15) is 5.56 Å². The second-order valence-electron chi connectivity index (χ2n) is 5.41. The predicted molar refractivity (Wildman–Crippen MR) is 95.7 cm³/mol. The zero-order valence-electron chi connectivity index (χ0n) is 13.5. The average molecular weight is 356 g/mol. The van der Waals surface area contributed by atoms with Crippen LogP contribution in [0.5, 0.6) is 0 Å². The molecule has 0 aliphatic heterocycles. The number of benzene rings is 3. The van der Waals surface area contributed by atoms with Gasteiger partial charge in [-0.15, -0.1) is 0 Å². The van der Waals surface area contributed by atoms with E-state index in [1.165, 1.54) is 6.07 Å². The fourth-order valence-corrected chi connectivity index (χ4v) is 2.14. The third-order valence-electron chi connectivity index (χ3n) is 3.45. The van der Waals surface area contributed by atoms with Gasteiger partial charge >= 0.3 is 6.18 Å². The maximum absolute atomic E-state index is 12.7. The lowest BCUT2D eigenvalue weighted by molar-refractivity contribution is -0.137.